The van der Waals surface area contributed by atoms with Gasteiger partial charge in [-0.15, -0.1) is 0 Å². The summed E-state index contributed by atoms with van der Waals surface area (Å²) in [6.45, 7) is 0. The maximum Gasteiger partial charge on any atom is 0.225 e. The minimum Gasteiger partial charge on any atom is -0.494 e. The first-order chi connectivity index (χ1) is 8.74. The number of nitrogens with zero attached hydrogens (tertiary/aromatic N) is 3. The van der Waals surface area contributed by atoms with Crippen LogP contribution in [0.25, 0.3) is 0 Å². The molecule has 18 heavy (non-hydrogen) atoms. The average molecular weight is 250 g/mol. The van der Waals surface area contributed by atoms with E-state index in [2.05, 4.69) is 27.2 Å². The molecule has 0 bridgehead atoms. The molecule has 1 saturated carbocycles. The van der Waals surface area contributed by atoms with Gasteiger partial charge in [0.05, 0.1) is 19.5 Å². The van der Waals surface area contributed by atoms with E-state index in [0.717, 1.165) is 5.95 Å². The number of methoxy groups -OCH3 is 1. The Kier molecular flexibility index (Phi) is 4.36. The lowest BCUT2D eigenvalue weighted by atomic mass is 9.90. The van der Waals surface area contributed by atoms with Gasteiger partial charge < -0.3 is 15.0 Å². The van der Waals surface area contributed by atoms with Crippen molar-refractivity contribution in [3.63, 3.8) is 0 Å². The molecular formula is C13H22N4O. The first-order valence-electron chi connectivity index (χ1n) is 6.50. The molecule has 0 spiro atoms. The summed E-state index contributed by atoms with van der Waals surface area (Å²) in [6.07, 6.45) is 8.27. The van der Waals surface area contributed by atoms with Crippen molar-refractivity contribution in [2.24, 2.45) is 0 Å². The third kappa shape index (κ3) is 2.90. The lowest BCUT2D eigenvalue weighted by Crippen LogP contribution is -2.40. The molecule has 0 radical (unpaired) electrons. The Hall–Kier alpha value is -1.36. The highest BCUT2D eigenvalue weighted by Gasteiger charge is 2.24. The van der Waals surface area contributed by atoms with Gasteiger partial charge in [-0.1, -0.05) is 0 Å². The first-order valence-corrected chi connectivity index (χ1v) is 6.50. The van der Waals surface area contributed by atoms with Crippen LogP contribution >= 0.6 is 0 Å². The molecule has 5 nitrogen and oxygen atoms in total. The standard InChI is InChI=1S/C13H22N4O/c1-14-10-4-6-11(7-5-10)17(2)13-15-8-12(18-3)9-16-13/h8-11,14H,4-7H2,1-3H3. The van der Waals surface area contributed by atoms with E-state index >= 15 is 0 Å². The molecule has 0 atom stereocenters. The molecule has 1 aliphatic rings. The molecule has 1 heterocycles. The van der Waals surface area contributed by atoms with E-state index < -0.39 is 0 Å². The fourth-order valence-corrected chi connectivity index (χ4v) is 2.51. The highest BCUT2D eigenvalue weighted by molar-refractivity contribution is 5.31. The first kappa shape index (κ1) is 13.1. The number of anilines is 1. The third-order valence-electron chi connectivity index (χ3n) is 3.82. The van der Waals surface area contributed by atoms with Gasteiger partial charge in [0, 0.05) is 19.1 Å². The molecule has 2 rings (SSSR count). The van der Waals surface area contributed by atoms with Crippen LogP contribution in [-0.4, -0.2) is 43.3 Å². The molecule has 1 fully saturated rings. The van der Waals surface area contributed by atoms with Gasteiger partial charge in [0.1, 0.15) is 0 Å². The minimum absolute atomic E-state index is 0.544. The molecule has 1 aliphatic carbocycles. The Bertz CT molecular complexity index is 360. The van der Waals surface area contributed by atoms with Gasteiger partial charge in [-0.05, 0) is 32.7 Å². The van der Waals surface area contributed by atoms with Gasteiger partial charge in [0.25, 0.3) is 0 Å². The minimum atomic E-state index is 0.544. The van der Waals surface area contributed by atoms with E-state index in [4.69, 9.17) is 4.74 Å². The summed E-state index contributed by atoms with van der Waals surface area (Å²) in [4.78, 5) is 10.9. The molecule has 5 heteroatoms. The van der Waals surface area contributed by atoms with Crippen molar-refractivity contribution in [1.29, 1.82) is 0 Å². The van der Waals surface area contributed by atoms with Crippen LogP contribution in [0.4, 0.5) is 5.95 Å². The number of rotatable bonds is 4. The van der Waals surface area contributed by atoms with Crippen LogP contribution in [0.2, 0.25) is 0 Å². The van der Waals surface area contributed by atoms with Gasteiger partial charge in [-0.25, -0.2) is 9.97 Å². The molecule has 0 unspecified atom stereocenters. The molecular weight excluding hydrogens is 228 g/mol. The van der Waals surface area contributed by atoms with E-state index in [-0.39, 0.29) is 0 Å². The van der Waals surface area contributed by atoms with Crippen LogP contribution in [0.3, 0.4) is 0 Å². The van der Waals surface area contributed by atoms with Crippen molar-refractivity contribution in [3.8, 4) is 5.75 Å². The van der Waals surface area contributed by atoms with Gasteiger partial charge in [-0.3, -0.25) is 0 Å². The van der Waals surface area contributed by atoms with Crippen molar-refractivity contribution < 1.29 is 4.74 Å². The van der Waals surface area contributed by atoms with Crippen molar-refractivity contribution >= 4 is 5.95 Å². The average Bonchev–Trinajstić information content (AvgIpc) is 2.47. The fraction of sp³-hybridized carbons (Fsp3) is 0.692. The largest absolute Gasteiger partial charge is 0.494 e. The zero-order valence-corrected chi connectivity index (χ0v) is 11.4. The molecule has 1 aromatic heterocycles. The number of nitrogens with one attached hydrogen (secondary N) is 1. The molecule has 0 aromatic carbocycles. The maximum atomic E-state index is 5.07. The lowest BCUT2D eigenvalue weighted by molar-refractivity contribution is 0.349. The maximum absolute atomic E-state index is 5.07. The highest BCUT2D eigenvalue weighted by atomic mass is 16.5. The molecule has 1 N–H and O–H groups in total. The Morgan fingerprint density at radius 2 is 1.83 bits per heavy atom. The van der Waals surface area contributed by atoms with E-state index in [0.29, 0.717) is 17.8 Å². The lowest BCUT2D eigenvalue weighted by Gasteiger charge is -2.34. The molecule has 0 aliphatic heterocycles. The summed E-state index contributed by atoms with van der Waals surface area (Å²) in [7, 11) is 5.74. The SMILES string of the molecule is CNC1CCC(N(C)c2ncc(OC)cn2)CC1. The fourth-order valence-electron chi connectivity index (χ4n) is 2.51. The molecule has 0 saturated heterocycles. The second-order valence-corrected chi connectivity index (χ2v) is 4.83. The van der Waals surface area contributed by atoms with Crippen LogP contribution in [0.5, 0.6) is 5.75 Å². The zero-order valence-electron chi connectivity index (χ0n) is 11.4. The highest BCUT2D eigenvalue weighted by Crippen LogP contribution is 2.24. The van der Waals surface area contributed by atoms with E-state index in [1.807, 2.05) is 7.05 Å². The molecule has 100 valence electrons. The number of aromatic nitrogens is 2. The Balaban J connectivity index is 1.96. The van der Waals surface area contributed by atoms with Crippen molar-refractivity contribution in [2.45, 2.75) is 37.8 Å². The van der Waals surface area contributed by atoms with Gasteiger partial charge in [0.2, 0.25) is 5.95 Å². The van der Waals surface area contributed by atoms with E-state index in [9.17, 15) is 0 Å². The van der Waals surface area contributed by atoms with Gasteiger partial charge in [-0.2, -0.15) is 0 Å². The monoisotopic (exact) mass is 250 g/mol. The smallest absolute Gasteiger partial charge is 0.225 e. The predicted octanol–water partition coefficient (Wildman–Crippen LogP) is 1.45. The van der Waals surface area contributed by atoms with Gasteiger partial charge >= 0.3 is 0 Å². The third-order valence-corrected chi connectivity index (χ3v) is 3.82. The zero-order chi connectivity index (χ0) is 13.0. The van der Waals surface area contributed by atoms with Crippen LogP contribution in [-0.2, 0) is 0 Å². The quantitative estimate of drug-likeness (QED) is 0.876. The molecule has 0 amide bonds. The second kappa shape index (κ2) is 6.00. The topological polar surface area (TPSA) is 50.3 Å². The van der Waals surface area contributed by atoms with Crippen molar-refractivity contribution in [1.82, 2.24) is 15.3 Å². The summed E-state index contributed by atoms with van der Waals surface area (Å²) in [6, 6.07) is 1.22. The van der Waals surface area contributed by atoms with E-state index in [1.165, 1.54) is 25.7 Å². The van der Waals surface area contributed by atoms with E-state index in [1.54, 1.807) is 19.5 Å². The normalized spacial score (nSPS) is 23.7. The number of hydrogen-bond acceptors (Lipinski definition) is 5. The van der Waals surface area contributed by atoms with Crippen LogP contribution in [0.1, 0.15) is 25.7 Å². The number of ether oxygens (including phenoxy) is 1. The summed E-state index contributed by atoms with van der Waals surface area (Å²) in [5.74, 6) is 1.48. The Labute approximate surface area is 109 Å². The second-order valence-electron chi connectivity index (χ2n) is 4.83. The van der Waals surface area contributed by atoms with Crippen LogP contribution < -0.4 is 15.0 Å². The van der Waals surface area contributed by atoms with Gasteiger partial charge in [0.15, 0.2) is 5.75 Å². The summed E-state index contributed by atoms with van der Waals surface area (Å²) < 4.78 is 5.07. The van der Waals surface area contributed by atoms with Crippen LogP contribution in [0, 0.1) is 0 Å². The summed E-state index contributed by atoms with van der Waals surface area (Å²) in [5, 5.41) is 3.35. The Morgan fingerprint density at radius 1 is 1.22 bits per heavy atom. The summed E-state index contributed by atoms with van der Waals surface area (Å²) >= 11 is 0. The predicted molar refractivity (Wildman–Crippen MR) is 72.1 cm³/mol. The van der Waals surface area contributed by atoms with Crippen molar-refractivity contribution in [3.05, 3.63) is 12.4 Å². The Morgan fingerprint density at radius 3 is 2.33 bits per heavy atom. The van der Waals surface area contributed by atoms with Crippen molar-refractivity contribution in [2.75, 3.05) is 26.1 Å². The summed E-state index contributed by atoms with van der Waals surface area (Å²) in [5.41, 5.74) is 0. The molecule has 1 aromatic rings. The van der Waals surface area contributed by atoms with Crippen LogP contribution in [0.15, 0.2) is 12.4 Å². The number of hydrogen-bond donors (Lipinski definition) is 1.